The summed E-state index contributed by atoms with van der Waals surface area (Å²) in [5.74, 6) is -4.31. The summed E-state index contributed by atoms with van der Waals surface area (Å²) in [5.41, 5.74) is 0.525. The molecule has 0 saturated carbocycles. The lowest BCUT2D eigenvalue weighted by Gasteiger charge is -2.17. The summed E-state index contributed by atoms with van der Waals surface area (Å²) >= 11 is 0. The first kappa shape index (κ1) is 18.8. The third kappa shape index (κ3) is 4.22. The summed E-state index contributed by atoms with van der Waals surface area (Å²) in [6.45, 7) is 0.344. The average Bonchev–Trinajstić information content (AvgIpc) is 2.97. The Morgan fingerprint density at radius 1 is 0.926 bits per heavy atom. The minimum absolute atomic E-state index is 0.0558. The molecule has 0 unspecified atom stereocenters. The lowest BCUT2D eigenvalue weighted by atomic mass is 10.2. The molecule has 0 aliphatic carbocycles. The Bertz CT molecular complexity index is 1010. The Kier molecular flexibility index (Phi) is 5.08. The van der Waals surface area contributed by atoms with E-state index in [1.165, 1.54) is 16.4 Å². The van der Waals surface area contributed by atoms with Crippen molar-refractivity contribution in [2.75, 3.05) is 27.2 Å². The third-order valence-corrected chi connectivity index (χ3v) is 5.74. The zero-order chi connectivity index (χ0) is 19.6. The maximum atomic E-state index is 13.2. The summed E-state index contributed by atoms with van der Waals surface area (Å²) < 4.78 is 51.2. The molecular formula is C17H15F2N3O4S. The summed E-state index contributed by atoms with van der Waals surface area (Å²) in [5, 5.41) is 4.49. The van der Waals surface area contributed by atoms with Gasteiger partial charge in [-0.05, 0) is 36.8 Å². The molecule has 0 bridgehead atoms. The fourth-order valence-electron chi connectivity index (χ4n) is 2.62. The van der Waals surface area contributed by atoms with E-state index in [0.717, 1.165) is 18.2 Å². The fourth-order valence-corrected chi connectivity index (χ4v) is 4.17. The second-order valence-corrected chi connectivity index (χ2v) is 7.84. The molecule has 142 valence electrons. The first-order valence-electron chi connectivity index (χ1n) is 7.94. The molecule has 2 amide bonds. The maximum Gasteiger partial charge on any atom is 0.314 e. The van der Waals surface area contributed by atoms with E-state index in [2.05, 4.69) is 10.6 Å². The number of nitrogens with zero attached hydrogens (tertiary/aromatic N) is 1. The number of benzene rings is 2. The third-order valence-electron chi connectivity index (χ3n) is 3.87. The molecule has 3 rings (SSSR count). The summed E-state index contributed by atoms with van der Waals surface area (Å²) in [4.78, 5) is 23.9. The van der Waals surface area contributed by atoms with E-state index in [-0.39, 0.29) is 17.1 Å². The van der Waals surface area contributed by atoms with Crippen LogP contribution in [0.5, 0.6) is 0 Å². The van der Waals surface area contributed by atoms with Gasteiger partial charge in [-0.25, -0.2) is 17.2 Å². The Morgan fingerprint density at radius 3 is 2.19 bits per heavy atom. The van der Waals surface area contributed by atoms with Crippen LogP contribution in [0.25, 0.3) is 0 Å². The van der Waals surface area contributed by atoms with Crippen LogP contribution in [0, 0.1) is 11.6 Å². The number of hydrogen-bond acceptors (Lipinski definition) is 4. The summed E-state index contributed by atoms with van der Waals surface area (Å²) in [6.07, 6.45) is 0.509. The molecule has 0 atom stereocenters. The molecule has 1 aliphatic heterocycles. The Morgan fingerprint density at radius 2 is 1.59 bits per heavy atom. The van der Waals surface area contributed by atoms with Crippen LogP contribution in [-0.4, -0.2) is 32.5 Å². The van der Waals surface area contributed by atoms with Crippen LogP contribution in [0.2, 0.25) is 0 Å². The molecule has 10 heteroatoms. The Labute approximate surface area is 154 Å². The topological polar surface area (TPSA) is 95.6 Å². The molecule has 0 aromatic heterocycles. The van der Waals surface area contributed by atoms with Gasteiger partial charge in [-0.15, -0.1) is 0 Å². The first-order chi connectivity index (χ1) is 12.8. The van der Waals surface area contributed by atoms with Crippen molar-refractivity contribution in [1.29, 1.82) is 0 Å². The van der Waals surface area contributed by atoms with Crippen molar-refractivity contribution >= 4 is 38.9 Å². The van der Waals surface area contributed by atoms with Crippen LogP contribution in [0.15, 0.2) is 42.5 Å². The van der Waals surface area contributed by atoms with Gasteiger partial charge in [0.2, 0.25) is 10.0 Å². The largest absolute Gasteiger partial charge is 0.318 e. The van der Waals surface area contributed by atoms with E-state index in [1.54, 1.807) is 12.1 Å². The normalized spacial score (nSPS) is 15.4. The van der Waals surface area contributed by atoms with Crippen LogP contribution in [0.1, 0.15) is 6.42 Å². The molecule has 1 fully saturated rings. The number of hydrogen-bond donors (Lipinski definition) is 2. The molecule has 0 spiro atoms. The van der Waals surface area contributed by atoms with Gasteiger partial charge >= 0.3 is 11.8 Å². The van der Waals surface area contributed by atoms with Crippen molar-refractivity contribution in [2.24, 2.45) is 0 Å². The van der Waals surface area contributed by atoms with Crippen molar-refractivity contribution in [3.05, 3.63) is 54.1 Å². The Hall–Kier alpha value is -3.01. The van der Waals surface area contributed by atoms with Gasteiger partial charge in [0.1, 0.15) is 0 Å². The van der Waals surface area contributed by atoms with Gasteiger partial charge in [-0.1, -0.05) is 6.07 Å². The second kappa shape index (κ2) is 7.31. The molecule has 27 heavy (non-hydrogen) atoms. The number of amides is 2. The number of nitrogens with one attached hydrogen (secondary N) is 2. The van der Waals surface area contributed by atoms with E-state index in [9.17, 15) is 26.8 Å². The average molecular weight is 395 g/mol. The van der Waals surface area contributed by atoms with E-state index >= 15 is 0 Å². The zero-order valence-corrected chi connectivity index (χ0v) is 14.7. The van der Waals surface area contributed by atoms with Crippen LogP contribution >= 0.6 is 0 Å². The molecule has 2 aromatic rings. The molecule has 0 radical (unpaired) electrons. The second-order valence-electron chi connectivity index (χ2n) is 5.83. The predicted octanol–water partition coefficient (Wildman–Crippen LogP) is 2.08. The first-order valence-corrected chi connectivity index (χ1v) is 9.55. The van der Waals surface area contributed by atoms with Crippen molar-refractivity contribution in [3.8, 4) is 0 Å². The number of halogens is 2. The minimum atomic E-state index is -3.37. The quantitative estimate of drug-likeness (QED) is 0.778. The van der Waals surface area contributed by atoms with Gasteiger partial charge in [0.15, 0.2) is 11.6 Å². The number of carbonyl (C=O) groups is 2. The molecule has 2 aromatic carbocycles. The number of rotatable bonds is 3. The minimum Gasteiger partial charge on any atom is -0.318 e. The monoisotopic (exact) mass is 395 g/mol. The van der Waals surface area contributed by atoms with Gasteiger partial charge in [0.05, 0.1) is 11.4 Å². The molecule has 2 N–H and O–H groups in total. The van der Waals surface area contributed by atoms with E-state index < -0.39 is 33.5 Å². The number of sulfonamides is 1. The Balaban J connectivity index is 1.69. The van der Waals surface area contributed by atoms with E-state index in [0.29, 0.717) is 18.7 Å². The number of anilines is 3. The van der Waals surface area contributed by atoms with Gasteiger partial charge < -0.3 is 10.6 Å². The molecule has 1 aliphatic rings. The fraction of sp³-hybridized carbons (Fsp3) is 0.176. The zero-order valence-electron chi connectivity index (χ0n) is 13.9. The van der Waals surface area contributed by atoms with E-state index in [1.807, 2.05) is 0 Å². The number of carbonyl (C=O) groups excluding carboxylic acids is 2. The predicted molar refractivity (Wildman–Crippen MR) is 95.8 cm³/mol. The molecule has 7 nitrogen and oxygen atoms in total. The summed E-state index contributed by atoms with van der Waals surface area (Å²) in [7, 11) is -3.37. The lowest BCUT2D eigenvalue weighted by molar-refractivity contribution is -0.133. The van der Waals surface area contributed by atoms with Crippen LogP contribution in [0.4, 0.5) is 25.8 Å². The standard InChI is InChI=1S/C17H15F2N3O4S/c18-14-6-5-12(10-15(14)19)21-17(24)16(23)20-11-3-1-4-13(9-11)22-7-2-8-27(22,25)26/h1,3-6,9-10H,2,7-8H2,(H,20,23)(H,21,24). The smallest absolute Gasteiger partial charge is 0.314 e. The maximum absolute atomic E-state index is 13.2. The summed E-state index contributed by atoms with van der Waals surface area (Å²) in [6, 6.07) is 8.75. The molecule has 1 heterocycles. The molecule has 1 saturated heterocycles. The van der Waals surface area contributed by atoms with Gasteiger partial charge in [-0.2, -0.15) is 0 Å². The van der Waals surface area contributed by atoms with Gasteiger partial charge in [0.25, 0.3) is 0 Å². The highest BCUT2D eigenvalue weighted by Crippen LogP contribution is 2.26. The highest BCUT2D eigenvalue weighted by molar-refractivity contribution is 7.93. The van der Waals surface area contributed by atoms with Crippen LogP contribution in [-0.2, 0) is 19.6 Å². The van der Waals surface area contributed by atoms with Crippen molar-refractivity contribution < 1.29 is 26.8 Å². The highest BCUT2D eigenvalue weighted by Gasteiger charge is 2.28. The van der Waals surface area contributed by atoms with Gasteiger partial charge in [-0.3, -0.25) is 13.9 Å². The van der Waals surface area contributed by atoms with Crippen molar-refractivity contribution in [3.63, 3.8) is 0 Å². The van der Waals surface area contributed by atoms with Crippen LogP contribution < -0.4 is 14.9 Å². The van der Waals surface area contributed by atoms with Crippen molar-refractivity contribution in [2.45, 2.75) is 6.42 Å². The van der Waals surface area contributed by atoms with Gasteiger partial charge in [0, 0.05) is 24.0 Å². The van der Waals surface area contributed by atoms with Crippen molar-refractivity contribution in [1.82, 2.24) is 0 Å². The highest BCUT2D eigenvalue weighted by atomic mass is 32.2. The van der Waals surface area contributed by atoms with Crippen LogP contribution in [0.3, 0.4) is 0 Å². The molecular weight excluding hydrogens is 380 g/mol. The SMILES string of the molecule is O=C(Nc1cccc(N2CCCS2(=O)=O)c1)C(=O)Nc1ccc(F)c(F)c1. The van der Waals surface area contributed by atoms with E-state index in [4.69, 9.17) is 0 Å². The lowest BCUT2D eigenvalue weighted by Crippen LogP contribution is -2.29.